The lowest BCUT2D eigenvalue weighted by atomic mass is 10.1. The fourth-order valence-corrected chi connectivity index (χ4v) is 14.4. The van der Waals surface area contributed by atoms with E-state index in [1.54, 1.807) is 187 Å². The largest absolute Gasteiger partial charge is 0.488 e. The number of aliphatic hydroxyl groups is 2. The molecule has 5 amide bonds. The van der Waals surface area contributed by atoms with Crippen LogP contribution in [-0.2, 0) is 14.3 Å². The first kappa shape index (κ1) is 99.4. The number of nitrogens with two attached hydrogens (primary N) is 2. The Morgan fingerprint density at radius 2 is 0.920 bits per heavy atom. The van der Waals surface area contributed by atoms with Crippen molar-refractivity contribution in [3.8, 4) is 81.4 Å². The minimum absolute atomic E-state index is 0.0579. The van der Waals surface area contributed by atoms with Crippen LogP contribution < -0.4 is 72.5 Å². The fourth-order valence-electron chi connectivity index (χ4n) is 14.4. The smallest absolute Gasteiger partial charge is 0.251 e. The van der Waals surface area contributed by atoms with E-state index in [-0.39, 0.29) is 60.1 Å². The number of aliphatic hydroxyl groups excluding tert-OH is 2. The van der Waals surface area contributed by atoms with E-state index in [9.17, 15) is 45.0 Å². The number of hydrogen-bond acceptors (Lipinski definition) is 30. The molecule has 7 heterocycles. The molecular formula is C101H106N24O12. The van der Waals surface area contributed by atoms with Crippen LogP contribution in [0.3, 0.4) is 0 Å². The number of primary amides is 1. The van der Waals surface area contributed by atoms with Gasteiger partial charge in [-0.1, -0.05) is 6.07 Å². The molecule has 137 heavy (non-hydrogen) atoms. The number of nitrogens with one attached hydrogen (secondary N) is 7. The maximum atomic E-state index is 12.1. The summed E-state index contributed by atoms with van der Waals surface area (Å²) < 4.78 is 29.0. The predicted octanol–water partition coefficient (Wildman–Crippen LogP) is 11.3. The highest BCUT2D eigenvalue weighted by atomic mass is 16.5. The first-order chi connectivity index (χ1) is 66.4. The average Bonchev–Trinajstić information content (AvgIpc) is 1.80. The zero-order valence-corrected chi connectivity index (χ0v) is 76.5. The van der Waals surface area contributed by atoms with Crippen LogP contribution in [-0.4, -0.2) is 221 Å². The molecule has 15 rings (SSSR count). The van der Waals surface area contributed by atoms with E-state index in [4.69, 9.17) is 45.4 Å². The molecule has 4 aliphatic rings. The second-order valence-corrected chi connectivity index (χ2v) is 32.4. The van der Waals surface area contributed by atoms with Crippen molar-refractivity contribution in [2.75, 3.05) is 114 Å². The predicted molar refractivity (Wildman–Crippen MR) is 519 cm³/mol. The molecule has 4 fully saturated rings. The summed E-state index contributed by atoms with van der Waals surface area (Å²) in [6, 6.07) is 63.9. The van der Waals surface area contributed by atoms with E-state index in [1.165, 1.54) is 0 Å². The first-order valence-electron chi connectivity index (χ1n) is 44.3. The number of carbonyl (C=O) groups excluding carboxylic acids is 5. The molecule has 11 aromatic rings. The number of nitriles is 4. The van der Waals surface area contributed by atoms with Gasteiger partial charge in [-0.15, -0.1) is 0 Å². The van der Waals surface area contributed by atoms with Gasteiger partial charge in [0, 0.05) is 159 Å². The van der Waals surface area contributed by atoms with Crippen LogP contribution >= 0.6 is 0 Å². The molecule has 8 aromatic carbocycles. The summed E-state index contributed by atoms with van der Waals surface area (Å²) in [5.74, 6) is 4.00. The molecule has 13 N–H and O–H groups in total. The zero-order chi connectivity index (χ0) is 97.1. The number of benzene rings is 8. The van der Waals surface area contributed by atoms with Crippen LogP contribution in [0.4, 0.5) is 45.9 Å². The zero-order valence-electron chi connectivity index (χ0n) is 76.5. The molecule has 36 heteroatoms. The Labute approximate surface area is 793 Å². The van der Waals surface area contributed by atoms with Crippen molar-refractivity contribution in [3.05, 3.63) is 263 Å². The van der Waals surface area contributed by atoms with E-state index >= 15 is 0 Å². The van der Waals surface area contributed by atoms with Crippen molar-refractivity contribution < 1.29 is 57.9 Å². The van der Waals surface area contributed by atoms with Crippen LogP contribution in [0.15, 0.2) is 229 Å². The fraction of sp³-hybridized carbons (Fsp3) is 0.277. The van der Waals surface area contributed by atoms with E-state index in [2.05, 4.69) is 106 Å². The Kier molecular flexibility index (Phi) is 36.1. The van der Waals surface area contributed by atoms with E-state index in [0.29, 0.717) is 159 Å². The molecule has 4 aliphatic heterocycles. The van der Waals surface area contributed by atoms with Crippen molar-refractivity contribution in [3.63, 3.8) is 0 Å². The minimum atomic E-state index is -0.530. The van der Waals surface area contributed by atoms with Gasteiger partial charge in [0.15, 0.2) is 17.5 Å². The molecule has 0 unspecified atom stereocenters. The number of methoxy groups -OCH3 is 1. The van der Waals surface area contributed by atoms with Crippen LogP contribution in [0.2, 0.25) is 0 Å². The van der Waals surface area contributed by atoms with Crippen LogP contribution in [0.1, 0.15) is 112 Å². The second-order valence-electron chi connectivity index (χ2n) is 32.4. The number of aromatic nitrogens is 6. The highest BCUT2D eigenvalue weighted by Crippen LogP contribution is 2.34. The number of nitrogens with zero attached hydrogens (tertiary/aromatic N) is 15. The summed E-state index contributed by atoms with van der Waals surface area (Å²) in [5.41, 5.74) is 21.4. The molecule has 4 saturated heterocycles. The first-order valence-corrected chi connectivity index (χ1v) is 44.3. The summed E-state index contributed by atoms with van der Waals surface area (Å²) in [7, 11) is 3.69. The highest BCUT2D eigenvalue weighted by Gasteiger charge is 2.31. The number of amidine groups is 1. The van der Waals surface area contributed by atoms with E-state index in [1.807, 2.05) is 89.3 Å². The Balaban J connectivity index is 0.000000164. The summed E-state index contributed by atoms with van der Waals surface area (Å²) in [4.78, 5) is 99.4. The van der Waals surface area contributed by atoms with Gasteiger partial charge in [-0.2, -0.15) is 21.0 Å². The third-order valence-electron chi connectivity index (χ3n) is 21.5. The Bertz CT molecular complexity index is 6300. The monoisotopic (exact) mass is 1850 g/mol. The van der Waals surface area contributed by atoms with E-state index in [0.717, 1.165) is 85.1 Å². The molecule has 0 spiro atoms. The molecule has 702 valence electrons. The van der Waals surface area contributed by atoms with Gasteiger partial charge in [-0.3, -0.25) is 29.0 Å². The van der Waals surface area contributed by atoms with E-state index < -0.39 is 19.1 Å². The van der Waals surface area contributed by atoms with Gasteiger partial charge in [0.25, 0.3) is 11.8 Å². The van der Waals surface area contributed by atoms with Gasteiger partial charge in [0.2, 0.25) is 17.7 Å². The van der Waals surface area contributed by atoms with Crippen LogP contribution in [0, 0.1) is 45.3 Å². The minimum Gasteiger partial charge on any atom is -0.488 e. The number of amides is 5. The molecule has 0 saturated carbocycles. The number of carbonyl (C=O) groups is 5. The maximum Gasteiger partial charge on any atom is 0.251 e. The number of rotatable bonds is 32. The number of ether oxygens (including phenoxy) is 5. The Morgan fingerprint density at radius 3 is 1.30 bits per heavy atom. The highest BCUT2D eigenvalue weighted by molar-refractivity contribution is 5.96. The lowest BCUT2D eigenvalue weighted by Gasteiger charge is -2.18. The molecule has 0 aliphatic carbocycles. The van der Waals surface area contributed by atoms with Crippen molar-refractivity contribution in [2.45, 2.75) is 89.9 Å². The summed E-state index contributed by atoms with van der Waals surface area (Å²) in [6.45, 7) is 13.2. The number of hydrogen-bond donors (Lipinski definition) is 11. The average molecular weight is 1850 g/mol. The maximum absolute atomic E-state index is 12.1. The molecule has 0 radical (unpaired) electrons. The molecular weight excluding hydrogens is 1740 g/mol. The number of likely N-dealkylation sites (tertiary alicyclic amines) is 2. The third kappa shape index (κ3) is 29.4. The van der Waals surface area contributed by atoms with Crippen molar-refractivity contribution in [1.29, 1.82) is 21.0 Å². The molecule has 36 nitrogen and oxygen atoms in total. The summed E-state index contributed by atoms with van der Waals surface area (Å²) in [5, 5.41) is 78.3. The van der Waals surface area contributed by atoms with Crippen LogP contribution in [0.5, 0.6) is 23.0 Å². The van der Waals surface area contributed by atoms with Crippen LogP contribution in [0.25, 0.3) is 34.2 Å². The topological polar surface area (TPSA) is 515 Å². The quantitative estimate of drug-likeness (QED) is 0.0138. The van der Waals surface area contributed by atoms with Gasteiger partial charge in [-0.05, 0) is 247 Å². The van der Waals surface area contributed by atoms with Gasteiger partial charge < -0.3 is 97.3 Å². The lowest BCUT2D eigenvalue weighted by Crippen LogP contribution is -2.32. The number of anilines is 7. The van der Waals surface area contributed by atoms with Crippen molar-refractivity contribution in [1.82, 2.24) is 61.0 Å². The van der Waals surface area contributed by atoms with Gasteiger partial charge in [0.1, 0.15) is 108 Å². The lowest BCUT2D eigenvalue weighted by molar-refractivity contribution is -0.134. The summed E-state index contributed by atoms with van der Waals surface area (Å²) >= 11 is 0. The molecule has 4 atom stereocenters. The normalized spacial score (nSPS) is 15.3. The van der Waals surface area contributed by atoms with Crippen molar-refractivity contribution >= 4 is 87.5 Å². The SMILES string of the molecule is CC(C)NC(=O)c1ccc(Nc2ccnc(-c3ccc(O[C@@H]4CCN(C(=O)CO)C4)c(C#N)c3)n2)cc1.CC(C)NC(=O)c1ccc(Nc2ccnc(-c3ccc(O[C@@H]4CCNC4)c(C#N)c3)n2)cc1.COCCN(C)c1cccc(N=C(N)/C=C\N=Cc2ccc(O[C@@H]3CCNC3)c(C#N)c2)c1.N#Cc1cc(-c2nccc(Nc3ccc(C(N)=O)cc3)n2)ccc1O[C@@H]1CCN(C(=O)CO)C1. The standard InChI is InChI=1S/C27H28N6O4.C25H26N6O2.C25H30N6O2.C24H22N6O4/c1-17(2)30-27(36)18-3-6-21(7-4-18)31-24-9-11-29-26(32-24)19-5-8-23(20(13-19)14-28)37-22-10-12-33(15-22)25(35)16-34;1-16(2)29-25(32)17-3-6-20(7-4-17)30-23-10-12-28-24(31-23)18-5-8-22(19(13-18)14-26)33-21-9-11-27-15-21;1-31(12-13-32-2)22-5-3-4-21(15-22)30-25(27)9-11-28-17-19-6-7-24(20(14-19)16-26)33-23-8-10-29-18-23;25-12-17-11-16(3-6-20(17)34-19-8-10-30(13-19)22(32)14-31)24-27-9-7-21(29-24)28-18-4-1-15(2-5-18)23(26)33/h3-9,11,13,17,22,34H,10,12,15-16H2,1-2H3,(H,30,36)(H,29,31,32);3-8,10,12-13,16,21,27H,9,11,15H2,1-2H3,(H,29,32)(H,28,30,31);3-7,9,11,14-15,17,23,29H,8,10,12-13,18H2,1-2H3,(H2,27,30);1-7,9,11,19,31H,8,10,13-14H2,(H2,26,33)(H,27,28,29)/b;;11-9-,28-17?;/t22-;21-;23-;19-/m1111/s1. The van der Waals surface area contributed by atoms with Gasteiger partial charge in [0.05, 0.1) is 47.6 Å². The number of aliphatic imine (C=N–C) groups is 2. The van der Waals surface area contributed by atoms with Gasteiger partial charge in [-0.25, -0.2) is 34.9 Å². The van der Waals surface area contributed by atoms with Crippen molar-refractivity contribution in [2.24, 2.45) is 21.5 Å². The Morgan fingerprint density at radius 1 is 0.518 bits per heavy atom. The Hall–Kier alpha value is -16.6. The third-order valence-corrected chi connectivity index (χ3v) is 21.5. The second kappa shape index (κ2) is 49.8. The molecule has 3 aromatic heterocycles. The number of likely N-dealkylation sites (N-methyl/N-ethyl adjacent to an activating group) is 1. The van der Waals surface area contributed by atoms with Gasteiger partial charge >= 0.3 is 0 Å². The molecule has 0 bridgehead atoms. The summed E-state index contributed by atoms with van der Waals surface area (Å²) in [6.07, 6.45) is 12.5.